The molecular weight excluding hydrogens is 376 g/mol. The van der Waals surface area contributed by atoms with Gasteiger partial charge in [0.25, 0.3) is 11.8 Å². The Morgan fingerprint density at radius 3 is 2.46 bits per heavy atom. The van der Waals surface area contributed by atoms with Gasteiger partial charge in [-0.25, -0.2) is 0 Å². The normalized spacial score (nSPS) is 15.0. The first kappa shape index (κ1) is 18.4. The summed E-state index contributed by atoms with van der Waals surface area (Å²) in [6.45, 7) is 3.20. The first-order valence-corrected chi connectivity index (χ1v) is 8.78. The summed E-state index contributed by atoms with van der Waals surface area (Å²) in [6.07, 6.45) is 1.24. The molecule has 0 radical (unpaired) electrons. The Labute approximate surface area is 149 Å². The van der Waals surface area contributed by atoms with Crippen molar-refractivity contribution in [3.05, 3.63) is 34.3 Å². The van der Waals surface area contributed by atoms with Gasteiger partial charge in [-0.15, -0.1) is 0 Å². The molecule has 6 nitrogen and oxygen atoms in total. The van der Waals surface area contributed by atoms with Gasteiger partial charge < -0.3 is 15.0 Å². The summed E-state index contributed by atoms with van der Waals surface area (Å²) in [5.41, 5.74) is 0.518. The SMILES string of the molecule is C[C@H](OC(=O)CCNC(=O)c1ccc(Br)cc1)C(=O)N1CCCC1. The second kappa shape index (κ2) is 8.82. The van der Waals surface area contributed by atoms with Crippen molar-refractivity contribution in [2.75, 3.05) is 19.6 Å². The Morgan fingerprint density at radius 1 is 1.21 bits per heavy atom. The van der Waals surface area contributed by atoms with Crippen LogP contribution in [0.1, 0.15) is 36.5 Å². The standard InChI is InChI=1S/C17H21BrN2O4/c1-12(17(23)20-10-2-3-11-20)24-15(21)8-9-19-16(22)13-4-6-14(18)7-5-13/h4-7,12H,2-3,8-11H2,1H3,(H,19,22)/t12-/m0/s1. The van der Waals surface area contributed by atoms with Crippen LogP contribution >= 0.6 is 15.9 Å². The van der Waals surface area contributed by atoms with Gasteiger partial charge in [0.05, 0.1) is 6.42 Å². The molecular formula is C17H21BrN2O4. The molecule has 0 bridgehead atoms. The number of carbonyl (C=O) groups is 3. The summed E-state index contributed by atoms with van der Waals surface area (Å²) in [4.78, 5) is 37.5. The third-order valence-corrected chi connectivity index (χ3v) is 4.32. The predicted molar refractivity (Wildman–Crippen MR) is 92.5 cm³/mol. The zero-order valence-corrected chi connectivity index (χ0v) is 15.2. The highest BCUT2D eigenvalue weighted by atomic mass is 79.9. The summed E-state index contributed by atoms with van der Waals surface area (Å²) in [5.74, 6) is -0.901. The topological polar surface area (TPSA) is 75.7 Å². The lowest BCUT2D eigenvalue weighted by Crippen LogP contribution is -2.38. The molecule has 1 aliphatic rings. The molecule has 0 aliphatic carbocycles. The molecule has 1 aromatic rings. The van der Waals surface area contributed by atoms with Gasteiger partial charge in [0.2, 0.25) is 0 Å². The quantitative estimate of drug-likeness (QED) is 0.747. The number of benzene rings is 1. The van der Waals surface area contributed by atoms with Crippen LogP contribution in [-0.2, 0) is 14.3 Å². The molecule has 2 amide bonds. The molecule has 0 aromatic heterocycles. The minimum atomic E-state index is -0.780. The van der Waals surface area contributed by atoms with E-state index < -0.39 is 12.1 Å². The number of hydrogen-bond acceptors (Lipinski definition) is 4. The van der Waals surface area contributed by atoms with Gasteiger partial charge in [0.1, 0.15) is 0 Å². The van der Waals surface area contributed by atoms with E-state index in [0.29, 0.717) is 5.56 Å². The van der Waals surface area contributed by atoms with E-state index in [1.54, 1.807) is 36.1 Å². The van der Waals surface area contributed by atoms with E-state index >= 15 is 0 Å². The molecule has 1 atom stereocenters. The molecule has 0 unspecified atom stereocenters. The van der Waals surface area contributed by atoms with Crippen molar-refractivity contribution in [3.63, 3.8) is 0 Å². The third-order valence-electron chi connectivity index (χ3n) is 3.79. The van der Waals surface area contributed by atoms with Gasteiger partial charge in [-0.05, 0) is 44.0 Å². The van der Waals surface area contributed by atoms with Crippen LogP contribution in [0.2, 0.25) is 0 Å². The van der Waals surface area contributed by atoms with Gasteiger partial charge in [-0.1, -0.05) is 15.9 Å². The van der Waals surface area contributed by atoms with Crippen LogP contribution in [0.15, 0.2) is 28.7 Å². The van der Waals surface area contributed by atoms with Crippen LogP contribution in [0.4, 0.5) is 0 Å². The fraction of sp³-hybridized carbons (Fsp3) is 0.471. The van der Waals surface area contributed by atoms with Crippen molar-refractivity contribution in [1.29, 1.82) is 0 Å². The number of esters is 1. The Bertz CT molecular complexity index is 597. The third kappa shape index (κ3) is 5.33. The number of rotatable bonds is 6. The van der Waals surface area contributed by atoms with E-state index in [4.69, 9.17) is 4.74 Å². The highest BCUT2D eigenvalue weighted by Gasteiger charge is 2.25. The van der Waals surface area contributed by atoms with Crippen molar-refractivity contribution >= 4 is 33.7 Å². The number of nitrogens with one attached hydrogen (secondary N) is 1. The minimum Gasteiger partial charge on any atom is -0.452 e. The average molecular weight is 397 g/mol. The second-order valence-electron chi connectivity index (χ2n) is 5.68. The molecule has 2 rings (SSSR count). The first-order chi connectivity index (χ1) is 11.5. The highest BCUT2D eigenvalue weighted by Crippen LogP contribution is 2.11. The van der Waals surface area contributed by atoms with E-state index in [-0.39, 0.29) is 24.8 Å². The van der Waals surface area contributed by atoms with E-state index in [9.17, 15) is 14.4 Å². The zero-order valence-electron chi connectivity index (χ0n) is 13.6. The molecule has 1 aromatic carbocycles. The molecule has 1 heterocycles. The van der Waals surface area contributed by atoms with Crippen LogP contribution in [0.3, 0.4) is 0 Å². The number of halogens is 1. The van der Waals surface area contributed by atoms with Crippen LogP contribution in [0.5, 0.6) is 0 Å². The van der Waals surface area contributed by atoms with E-state index in [2.05, 4.69) is 21.2 Å². The Hall–Kier alpha value is -1.89. The molecule has 1 saturated heterocycles. The lowest BCUT2D eigenvalue weighted by molar-refractivity contribution is -0.158. The Morgan fingerprint density at radius 2 is 1.83 bits per heavy atom. The maximum Gasteiger partial charge on any atom is 0.308 e. The highest BCUT2D eigenvalue weighted by molar-refractivity contribution is 9.10. The first-order valence-electron chi connectivity index (χ1n) is 7.99. The van der Waals surface area contributed by atoms with Crippen LogP contribution in [0.25, 0.3) is 0 Å². The van der Waals surface area contributed by atoms with E-state index in [1.165, 1.54) is 0 Å². The lowest BCUT2D eigenvalue weighted by atomic mass is 10.2. The Kier molecular flexibility index (Phi) is 6.78. The average Bonchev–Trinajstić information content (AvgIpc) is 3.09. The summed E-state index contributed by atoms with van der Waals surface area (Å²) in [5, 5.41) is 2.66. The summed E-state index contributed by atoms with van der Waals surface area (Å²) < 4.78 is 6.03. The maximum absolute atomic E-state index is 12.1. The van der Waals surface area contributed by atoms with Crippen LogP contribution in [-0.4, -0.2) is 48.4 Å². The molecule has 1 N–H and O–H groups in total. The molecule has 24 heavy (non-hydrogen) atoms. The fourth-order valence-corrected chi connectivity index (χ4v) is 2.75. The largest absolute Gasteiger partial charge is 0.452 e. The molecule has 0 spiro atoms. The van der Waals surface area contributed by atoms with Crippen molar-refractivity contribution in [2.45, 2.75) is 32.3 Å². The summed E-state index contributed by atoms with van der Waals surface area (Å²) >= 11 is 3.30. The van der Waals surface area contributed by atoms with Crippen molar-refractivity contribution in [2.24, 2.45) is 0 Å². The van der Waals surface area contributed by atoms with Gasteiger partial charge in [0, 0.05) is 29.7 Å². The Balaban J connectivity index is 1.69. The smallest absolute Gasteiger partial charge is 0.308 e. The van der Waals surface area contributed by atoms with Crippen molar-refractivity contribution < 1.29 is 19.1 Å². The number of amides is 2. The molecule has 1 fully saturated rings. The van der Waals surface area contributed by atoms with Gasteiger partial charge in [-0.2, -0.15) is 0 Å². The zero-order chi connectivity index (χ0) is 17.5. The molecule has 130 valence electrons. The van der Waals surface area contributed by atoms with Crippen molar-refractivity contribution in [3.8, 4) is 0 Å². The van der Waals surface area contributed by atoms with Gasteiger partial charge in [0.15, 0.2) is 6.10 Å². The second-order valence-corrected chi connectivity index (χ2v) is 6.59. The number of carbonyl (C=O) groups excluding carboxylic acids is 3. The predicted octanol–water partition coefficient (Wildman–Crippen LogP) is 2.12. The fourth-order valence-electron chi connectivity index (χ4n) is 2.48. The summed E-state index contributed by atoms with van der Waals surface area (Å²) in [6, 6.07) is 6.92. The molecule has 7 heteroatoms. The molecule has 1 aliphatic heterocycles. The monoisotopic (exact) mass is 396 g/mol. The number of nitrogens with zero attached hydrogens (tertiary/aromatic N) is 1. The number of hydrogen-bond donors (Lipinski definition) is 1. The lowest BCUT2D eigenvalue weighted by Gasteiger charge is -2.20. The van der Waals surface area contributed by atoms with Gasteiger partial charge >= 0.3 is 5.97 Å². The molecule has 0 saturated carbocycles. The van der Waals surface area contributed by atoms with Crippen molar-refractivity contribution in [1.82, 2.24) is 10.2 Å². The van der Waals surface area contributed by atoms with Gasteiger partial charge in [-0.3, -0.25) is 14.4 Å². The summed E-state index contributed by atoms with van der Waals surface area (Å²) in [7, 11) is 0. The number of ether oxygens (including phenoxy) is 1. The maximum atomic E-state index is 12.1. The minimum absolute atomic E-state index is 0.0277. The number of likely N-dealkylation sites (tertiary alicyclic amines) is 1. The van der Waals surface area contributed by atoms with Crippen LogP contribution < -0.4 is 5.32 Å². The van der Waals surface area contributed by atoms with E-state index in [1.807, 2.05) is 0 Å². The van der Waals surface area contributed by atoms with Crippen LogP contribution in [0, 0.1) is 0 Å². The van der Waals surface area contributed by atoms with E-state index in [0.717, 1.165) is 30.4 Å².